The maximum atomic E-state index is 12.9. The number of benzene rings is 2. The Kier molecular flexibility index (Phi) is 5.77. The van der Waals surface area contributed by atoms with Crippen molar-refractivity contribution in [1.82, 2.24) is 0 Å². The van der Waals surface area contributed by atoms with E-state index in [4.69, 9.17) is 4.74 Å². The van der Waals surface area contributed by atoms with Crippen LogP contribution >= 0.6 is 0 Å². The lowest BCUT2D eigenvalue weighted by molar-refractivity contribution is -0.139. The molecule has 7 nitrogen and oxygen atoms in total. The largest absolute Gasteiger partial charge is 0.426 e. The van der Waals surface area contributed by atoms with Crippen LogP contribution in [0.1, 0.15) is 31.7 Å². The zero-order valence-corrected chi connectivity index (χ0v) is 19.0. The van der Waals surface area contributed by atoms with E-state index in [-0.39, 0.29) is 48.3 Å². The van der Waals surface area contributed by atoms with Gasteiger partial charge < -0.3 is 9.64 Å². The van der Waals surface area contributed by atoms with Crippen LogP contribution in [0.2, 0.25) is 0 Å². The van der Waals surface area contributed by atoms with Crippen molar-refractivity contribution in [2.45, 2.75) is 32.6 Å². The number of para-hydroxylation sites is 1. The standard InChI is InChI=1S/C27H26N2O5/c1-2-17-8-3-6-13-23(17)28-16-18(14-24(28)30)27(33)34-20-10-7-9-19(15-20)29-25(31)21-11-4-5-12-22(21)26(29)32/h3-10,13,15,18,21-22H,2,11-12,14,16H2,1H3/t18-,21+,22+/m1/s1. The number of anilines is 2. The second-order valence-electron chi connectivity index (χ2n) is 8.97. The Labute approximate surface area is 198 Å². The summed E-state index contributed by atoms with van der Waals surface area (Å²) in [5.74, 6) is -2.04. The molecule has 0 unspecified atom stereocenters. The van der Waals surface area contributed by atoms with E-state index in [1.807, 2.05) is 43.3 Å². The molecule has 2 aromatic carbocycles. The highest BCUT2D eigenvalue weighted by atomic mass is 16.5. The quantitative estimate of drug-likeness (QED) is 0.296. The Bertz CT molecular complexity index is 1180. The highest BCUT2D eigenvalue weighted by molar-refractivity contribution is 6.22. The van der Waals surface area contributed by atoms with E-state index in [0.717, 1.165) is 17.7 Å². The Morgan fingerprint density at radius 1 is 0.971 bits per heavy atom. The van der Waals surface area contributed by atoms with Gasteiger partial charge in [0.2, 0.25) is 17.7 Å². The molecule has 34 heavy (non-hydrogen) atoms. The van der Waals surface area contributed by atoms with Crippen LogP contribution in [0.15, 0.2) is 60.7 Å². The molecule has 2 aromatic rings. The molecule has 2 fully saturated rings. The van der Waals surface area contributed by atoms with Crippen molar-refractivity contribution in [2.75, 3.05) is 16.3 Å². The van der Waals surface area contributed by atoms with Crippen LogP contribution in [0, 0.1) is 17.8 Å². The summed E-state index contributed by atoms with van der Waals surface area (Å²) < 4.78 is 5.60. The van der Waals surface area contributed by atoms with Gasteiger partial charge in [0.05, 0.1) is 23.4 Å². The van der Waals surface area contributed by atoms with Crippen LogP contribution in [-0.2, 0) is 25.6 Å². The first-order valence-corrected chi connectivity index (χ1v) is 11.7. The molecule has 0 bridgehead atoms. The molecule has 7 heteroatoms. The molecule has 3 amide bonds. The maximum Gasteiger partial charge on any atom is 0.316 e. The summed E-state index contributed by atoms with van der Waals surface area (Å²) in [7, 11) is 0. The Hall–Kier alpha value is -3.74. The fourth-order valence-electron chi connectivity index (χ4n) is 5.11. The van der Waals surface area contributed by atoms with E-state index in [2.05, 4.69) is 0 Å². The zero-order valence-electron chi connectivity index (χ0n) is 19.0. The molecule has 5 rings (SSSR count). The fourth-order valence-corrected chi connectivity index (χ4v) is 5.11. The molecule has 2 heterocycles. The molecule has 0 spiro atoms. The highest BCUT2D eigenvalue weighted by Gasteiger charge is 2.48. The predicted molar refractivity (Wildman–Crippen MR) is 126 cm³/mol. The van der Waals surface area contributed by atoms with Crippen LogP contribution in [-0.4, -0.2) is 30.2 Å². The smallest absolute Gasteiger partial charge is 0.316 e. The molecule has 2 aliphatic heterocycles. The third kappa shape index (κ3) is 3.81. The molecule has 174 valence electrons. The number of ether oxygens (including phenoxy) is 1. The number of aryl methyl sites for hydroxylation is 1. The molecule has 2 saturated heterocycles. The molecular formula is C27H26N2O5. The average molecular weight is 459 g/mol. The number of carbonyl (C=O) groups excluding carboxylic acids is 4. The molecule has 0 N–H and O–H groups in total. The number of esters is 1. The van der Waals surface area contributed by atoms with Crippen LogP contribution < -0.4 is 14.5 Å². The lowest BCUT2D eigenvalue weighted by atomic mass is 9.85. The van der Waals surface area contributed by atoms with Gasteiger partial charge in [-0.25, -0.2) is 4.90 Å². The number of carbonyl (C=O) groups is 4. The summed E-state index contributed by atoms with van der Waals surface area (Å²) >= 11 is 0. The minimum Gasteiger partial charge on any atom is -0.426 e. The van der Waals surface area contributed by atoms with Crippen molar-refractivity contribution < 1.29 is 23.9 Å². The number of hydrogen-bond acceptors (Lipinski definition) is 5. The number of hydrogen-bond donors (Lipinski definition) is 0. The molecule has 0 saturated carbocycles. The molecule has 3 aliphatic rings. The number of rotatable bonds is 5. The van der Waals surface area contributed by atoms with Crippen molar-refractivity contribution in [3.05, 3.63) is 66.2 Å². The van der Waals surface area contributed by atoms with Gasteiger partial charge in [-0.05, 0) is 43.0 Å². The molecule has 0 radical (unpaired) electrons. The Balaban J connectivity index is 1.30. The second kappa shape index (κ2) is 8.89. The second-order valence-corrected chi connectivity index (χ2v) is 8.97. The first-order chi connectivity index (χ1) is 16.5. The SMILES string of the molecule is CCc1ccccc1N1C[C@H](C(=O)Oc2cccc(N3C(=O)[C@H]4CC=CC[C@@H]4C3=O)c2)CC1=O. The van der Waals surface area contributed by atoms with Gasteiger partial charge in [-0.3, -0.25) is 19.2 Å². The molecular weight excluding hydrogens is 432 g/mol. The highest BCUT2D eigenvalue weighted by Crippen LogP contribution is 2.38. The van der Waals surface area contributed by atoms with Gasteiger partial charge in [0.25, 0.3) is 0 Å². The van der Waals surface area contributed by atoms with Crippen molar-refractivity contribution in [1.29, 1.82) is 0 Å². The minimum absolute atomic E-state index is 0.0794. The maximum absolute atomic E-state index is 12.9. The van der Waals surface area contributed by atoms with Crippen LogP contribution in [0.3, 0.4) is 0 Å². The van der Waals surface area contributed by atoms with Gasteiger partial charge in [0.15, 0.2) is 0 Å². The molecule has 3 atom stereocenters. The van der Waals surface area contributed by atoms with Gasteiger partial charge >= 0.3 is 5.97 Å². The topological polar surface area (TPSA) is 84.0 Å². The Morgan fingerprint density at radius 2 is 1.68 bits per heavy atom. The number of fused-ring (bicyclic) bond motifs is 1. The number of amides is 3. The van der Waals surface area contributed by atoms with Gasteiger partial charge in [-0.15, -0.1) is 0 Å². The number of allylic oxidation sites excluding steroid dienone is 2. The zero-order chi connectivity index (χ0) is 23.8. The normalized spacial score (nSPS) is 24.0. The molecule has 0 aromatic heterocycles. The van der Waals surface area contributed by atoms with Crippen molar-refractivity contribution in [3.8, 4) is 5.75 Å². The van der Waals surface area contributed by atoms with Crippen molar-refractivity contribution in [3.63, 3.8) is 0 Å². The summed E-state index contributed by atoms with van der Waals surface area (Å²) in [6, 6.07) is 14.2. The van der Waals surface area contributed by atoms with Crippen molar-refractivity contribution >= 4 is 35.1 Å². The summed E-state index contributed by atoms with van der Waals surface area (Å²) in [5.41, 5.74) is 2.28. The van der Waals surface area contributed by atoms with E-state index >= 15 is 0 Å². The monoisotopic (exact) mass is 458 g/mol. The van der Waals surface area contributed by atoms with E-state index < -0.39 is 11.9 Å². The Morgan fingerprint density at radius 3 is 2.38 bits per heavy atom. The first-order valence-electron chi connectivity index (χ1n) is 11.7. The van der Waals surface area contributed by atoms with Crippen LogP contribution in [0.5, 0.6) is 5.75 Å². The summed E-state index contributed by atoms with van der Waals surface area (Å²) in [4.78, 5) is 54.2. The van der Waals surface area contributed by atoms with Gasteiger partial charge in [-0.2, -0.15) is 0 Å². The van der Waals surface area contributed by atoms with Crippen LogP contribution in [0.25, 0.3) is 0 Å². The van der Waals surface area contributed by atoms with E-state index in [9.17, 15) is 19.2 Å². The lowest BCUT2D eigenvalue weighted by Gasteiger charge is -2.20. The average Bonchev–Trinajstić information content (AvgIpc) is 3.36. The number of imide groups is 1. The first kappa shape index (κ1) is 22.1. The van der Waals surface area contributed by atoms with Crippen LogP contribution in [0.4, 0.5) is 11.4 Å². The van der Waals surface area contributed by atoms with E-state index in [1.165, 1.54) is 4.90 Å². The van der Waals surface area contributed by atoms with E-state index in [0.29, 0.717) is 18.5 Å². The minimum atomic E-state index is -0.593. The number of nitrogens with zero attached hydrogens (tertiary/aromatic N) is 2. The van der Waals surface area contributed by atoms with Gasteiger partial charge in [0, 0.05) is 24.7 Å². The lowest BCUT2D eigenvalue weighted by Crippen LogP contribution is -2.31. The summed E-state index contributed by atoms with van der Waals surface area (Å²) in [6.07, 6.45) is 5.88. The predicted octanol–water partition coefficient (Wildman–Crippen LogP) is 3.66. The van der Waals surface area contributed by atoms with Crippen molar-refractivity contribution in [2.24, 2.45) is 17.8 Å². The third-order valence-corrected chi connectivity index (χ3v) is 6.92. The van der Waals surface area contributed by atoms with Gasteiger partial charge in [0.1, 0.15) is 5.75 Å². The third-order valence-electron chi connectivity index (χ3n) is 6.92. The molecule has 1 aliphatic carbocycles. The summed E-state index contributed by atoms with van der Waals surface area (Å²) in [5, 5.41) is 0. The fraction of sp³-hybridized carbons (Fsp3) is 0.333. The summed E-state index contributed by atoms with van der Waals surface area (Å²) in [6.45, 7) is 2.28. The van der Waals surface area contributed by atoms with E-state index in [1.54, 1.807) is 29.2 Å². The van der Waals surface area contributed by atoms with Gasteiger partial charge in [-0.1, -0.05) is 43.3 Å².